The van der Waals surface area contributed by atoms with Crippen molar-refractivity contribution in [3.05, 3.63) is 32.7 Å². The number of rotatable bonds is 5. The van der Waals surface area contributed by atoms with E-state index >= 15 is 0 Å². The van der Waals surface area contributed by atoms with Gasteiger partial charge in [0.25, 0.3) is 5.56 Å². The molecule has 0 aromatic carbocycles. The number of aromatic nitrogens is 4. The van der Waals surface area contributed by atoms with Crippen molar-refractivity contribution in [3.63, 3.8) is 0 Å². The van der Waals surface area contributed by atoms with Crippen molar-refractivity contribution in [1.82, 2.24) is 20.0 Å². The molecule has 1 N–H and O–H groups in total. The van der Waals surface area contributed by atoms with Crippen LogP contribution in [0.2, 0.25) is 0 Å². The average molecular weight is 335 g/mol. The number of amides is 1. The molecule has 8 nitrogen and oxygen atoms in total. The lowest BCUT2D eigenvalue weighted by Gasteiger charge is -2.15. The maximum atomic E-state index is 12.1. The number of hydrogen-bond acceptors (Lipinski definition) is 7. The van der Waals surface area contributed by atoms with Crippen molar-refractivity contribution >= 4 is 22.4 Å². The molecule has 2 aromatic rings. The smallest absolute Gasteiger partial charge is 0.267 e. The second-order valence-corrected chi connectivity index (χ2v) is 6.36. The van der Waals surface area contributed by atoms with Gasteiger partial charge in [-0.1, -0.05) is 11.3 Å². The van der Waals surface area contributed by atoms with E-state index in [9.17, 15) is 9.59 Å². The minimum atomic E-state index is -0.351. The van der Waals surface area contributed by atoms with Gasteiger partial charge in [0.2, 0.25) is 11.0 Å². The van der Waals surface area contributed by atoms with E-state index < -0.39 is 0 Å². The zero-order valence-electron chi connectivity index (χ0n) is 12.7. The molecule has 0 aliphatic heterocycles. The molecule has 2 aromatic heterocycles. The summed E-state index contributed by atoms with van der Waals surface area (Å²) < 4.78 is 6.16. The van der Waals surface area contributed by atoms with Gasteiger partial charge in [0.1, 0.15) is 18.2 Å². The van der Waals surface area contributed by atoms with E-state index in [1.165, 1.54) is 16.0 Å². The van der Waals surface area contributed by atoms with E-state index in [-0.39, 0.29) is 18.0 Å². The third kappa shape index (κ3) is 3.80. The lowest BCUT2D eigenvalue weighted by Crippen LogP contribution is -2.31. The van der Waals surface area contributed by atoms with Gasteiger partial charge in [0, 0.05) is 13.2 Å². The molecule has 0 atom stereocenters. The van der Waals surface area contributed by atoms with Crippen molar-refractivity contribution in [1.29, 1.82) is 0 Å². The number of carbonyl (C=O) groups excluding carboxylic acids is 1. The third-order valence-corrected chi connectivity index (χ3v) is 4.36. The summed E-state index contributed by atoms with van der Waals surface area (Å²) in [6.07, 6.45) is 3.89. The monoisotopic (exact) mass is 335 g/mol. The Bertz CT molecular complexity index is 770. The molecular formula is C14H17N5O3S. The van der Waals surface area contributed by atoms with E-state index in [2.05, 4.69) is 20.6 Å². The van der Waals surface area contributed by atoms with Gasteiger partial charge in [-0.15, -0.1) is 10.2 Å². The van der Waals surface area contributed by atoms with E-state index in [1.807, 2.05) is 0 Å². The number of nitrogens with zero attached hydrogens (tertiary/aromatic N) is 4. The Morgan fingerprint density at radius 1 is 1.39 bits per heavy atom. The van der Waals surface area contributed by atoms with Crippen molar-refractivity contribution in [3.8, 4) is 0 Å². The SMILES string of the molecule is COCc1nnc(NC(=O)Cn2nc3c(cc2=O)CCCC3)s1. The fourth-order valence-corrected chi connectivity index (χ4v) is 3.22. The van der Waals surface area contributed by atoms with Crippen LogP contribution in [0.4, 0.5) is 5.13 Å². The van der Waals surface area contributed by atoms with Crippen LogP contribution in [0.3, 0.4) is 0 Å². The average Bonchev–Trinajstić information content (AvgIpc) is 2.95. The maximum absolute atomic E-state index is 12.1. The topological polar surface area (TPSA) is 99.0 Å². The van der Waals surface area contributed by atoms with Crippen LogP contribution in [-0.2, 0) is 35.5 Å². The molecule has 1 aliphatic rings. The summed E-state index contributed by atoms with van der Waals surface area (Å²) in [5, 5.41) is 15.7. The minimum absolute atomic E-state index is 0.134. The highest BCUT2D eigenvalue weighted by molar-refractivity contribution is 7.15. The van der Waals surface area contributed by atoms with E-state index in [1.54, 1.807) is 13.2 Å². The molecule has 3 rings (SSSR count). The molecule has 122 valence electrons. The van der Waals surface area contributed by atoms with Crippen LogP contribution in [0.5, 0.6) is 0 Å². The minimum Gasteiger partial charge on any atom is -0.377 e. The molecule has 1 amide bonds. The van der Waals surface area contributed by atoms with Gasteiger partial charge >= 0.3 is 0 Å². The second kappa shape index (κ2) is 6.97. The number of hydrogen-bond donors (Lipinski definition) is 1. The number of aryl methyl sites for hydroxylation is 2. The van der Waals surface area contributed by atoms with Crippen molar-refractivity contribution < 1.29 is 9.53 Å². The molecule has 0 fully saturated rings. The predicted molar refractivity (Wildman–Crippen MR) is 84.4 cm³/mol. The predicted octanol–water partition coefficient (Wildman–Crippen LogP) is 0.759. The fourth-order valence-electron chi connectivity index (χ4n) is 2.50. The van der Waals surface area contributed by atoms with Gasteiger partial charge in [-0.2, -0.15) is 5.10 Å². The van der Waals surface area contributed by atoms with Crippen LogP contribution >= 0.6 is 11.3 Å². The van der Waals surface area contributed by atoms with Gasteiger partial charge < -0.3 is 4.74 Å². The van der Waals surface area contributed by atoms with Crippen LogP contribution in [0.1, 0.15) is 29.1 Å². The molecule has 2 heterocycles. The zero-order chi connectivity index (χ0) is 16.2. The highest BCUT2D eigenvalue weighted by Crippen LogP contribution is 2.17. The number of methoxy groups -OCH3 is 1. The first kappa shape index (κ1) is 15.8. The first-order chi connectivity index (χ1) is 11.2. The lowest BCUT2D eigenvalue weighted by molar-refractivity contribution is -0.117. The van der Waals surface area contributed by atoms with Crippen LogP contribution in [0, 0.1) is 0 Å². The molecular weight excluding hydrogens is 318 g/mol. The molecule has 0 saturated carbocycles. The number of anilines is 1. The Hall–Kier alpha value is -2.13. The van der Waals surface area contributed by atoms with E-state index in [4.69, 9.17) is 4.74 Å². The Kier molecular flexibility index (Phi) is 4.77. The van der Waals surface area contributed by atoms with Crippen LogP contribution in [-0.4, -0.2) is 33.0 Å². The summed E-state index contributed by atoms with van der Waals surface area (Å²) in [5.74, 6) is -0.351. The lowest BCUT2D eigenvalue weighted by atomic mass is 9.97. The number of fused-ring (bicyclic) bond motifs is 1. The molecule has 0 unspecified atom stereocenters. The summed E-state index contributed by atoms with van der Waals surface area (Å²) >= 11 is 1.24. The molecule has 1 aliphatic carbocycles. The molecule has 0 saturated heterocycles. The standard InChI is InChI=1S/C14H17N5O3S/c1-22-8-12-16-17-14(23-12)15-11(20)7-19-13(21)6-9-4-2-3-5-10(9)18-19/h6H,2-5,7-8H2,1H3,(H,15,17,20). The Morgan fingerprint density at radius 2 is 2.22 bits per heavy atom. The third-order valence-electron chi connectivity index (χ3n) is 3.55. The fraction of sp³-hybridized carbons (Fsp3) is 0.500. The summed E-state index contributed by atoms with van der Waals surface area (Å²) in [4.78, 5) is 24.1. The van der Waals surface area contributed by atoms with Gasteiger partial charge in [-0.25, -0.2) is 4.68 Å². The first-order valence-electron chi connectivity index (χ1n) is 7.37. The number of ether oxygens (including phenoxy) is 1. The van der Waals surface area contributed by atoms with Crippen LogP contribution in [0.15, 0.2) is 10.9 Å². The Balaban J connectivity index is 1.68. The van der Waals surface area contributed by atoms with E-state index in [0.717, 1.165) is 36.9 Å². The van der Waals surface area contributed by atoms with Crippen molar-refractivity contribution in [2.75, 3.05) is 12.4 Å². The normalized spacial score (nSPS) is 13.6. The first-order valence-corrected chi connectivity index (χ1v) is 8.18. The van der Waals surface area contributed by atoms with Gasteiger partial charge in [-0.05, 0) is 31.2 Å². The highest BCUT2D eigenvalue weighted by Gasteiger charge is 2.15. The Morgan fingerprint density at radius 3 is 3.04 bits per heavy atom. The van der Waals surface area contributed by atoms with Crippen LogP contribution < -0.4 is 10.9 Å². The molecule has 0 radical (unpaired) electrons. The maximum Gasteiger partial charge on any atom is 0.267 e. The summed E-state index contributed by atoms with van der Waals surface area (Å²) in [5.41, 5.74) is 1.67. The molecule has 0 spiro atoms. The van der Waals surface area contributed by atoms with Gasteiger partial charge in [0.15, 0.2) is 0 Å². The number of carbonyl (C=O) groups is 1. The zero-order valence-corrected chi connectivity index (χ0v) is 13.6. The summed E-state index contributed by atoms with van der Waals surface area (Å²) in [6, 6.07) is 1.59. The van der Waals surface area contributed by atoms with Gasteiger partial charge in [0.05, 0.1) is 5.69 Å². The van der Waals surface area contributed by atoms with Gasteiger partial charge in [-0.3, -0.25) is 14.9 Å². The van der Waals surface area contributed by atoms with Crippen molar-refractivity contribution in [2.45, 2.75) is 38.8 Å². The van der Waals surface area contributed by atoms with Crippen molar-refractivity contribution in [2.24, 2.45) is 0 Å². The number of nitrogens with one attached hydrogen (secondary N) is 1. The summed E-state index contributed by atoms with van der Waals surface area (Å²) in [6.45, 7) is 0.213. The molecule has 0 bridgehead atoms. The van der Waals surface area contributed by atoms with Crippen LogP contribution in [0.25, 0.3) is 0 Å². The molecule has 9 heteroatoms. The Labute approximate surface area is 136 Å². The molecule has 23 heavy (non-hydrogen) atoms. The second-order valence-electron chi connectivity index (χ2n) is 5.30. The van der Waals surface area contributed by atoms with E-state index in [0.29, 0.717) is 16.7 Å². The quantitative estimate of drug-likeness (QED) is 0.866. The largest absolute Gasteiger partial charge is 0.377 e. The summed E-state index contributed by atoms with van der Waals surface area (Å²) in [7, 11) is 1.56. The highest BCUT2D eigenvalue weighted by atomic mass is 32.1.